The zero-order chi connectivity index (χ0) is 22.6. The van der Waals surface area contributed by atoms with E-state index in [1.165, 1.54) is 13.3 Å². The van der Waals surface area contributed by atoms with Crippen LogP contribution in [0.25, 0.3) is 17.8 Å². The number of ether oxygens (including phenoxy) is 2. The third-order valence-corrected chi connectivity index (χ3v) is 4.93. The molecule has 0 aliphatic heterocycles. The second-order valence-electron chi connectivity index (χ2n) is 8.06. The maximum atomic E-state index is 12.4. The number of carbonyl (C=O) groups is 1. The number of benzene rings is 2. The molecule has 1 heterocycles. The molecule has 6 heteroatoms. The number of aromatic nitrogens is 2. The molecule has 3 rings (SSSR count). The molecule has 0 saturated heterocycles. The smallest absolute Gasteiger partial charge is 0.338 e. The molecule has 0 amide bonds. The molecule has 0 bridgehead atoms. The van der Waals surface area contributed by atoms with Gasteiger partial charge in [0, 0.05) is 29.2 Å². The van der Waals surface area contributed by atoms with E-state index in [1.54, 1.807) is 36.2 Å². The maximum Gasteiger partial charge on any atom is 0.338 e. The summed E-state index contributed by atoms with van der Waals surface area (Å²) < 4.78 is 12.2. The molecule has 160 valence electrons. The lowest BCUT2D eigenvalue weighted by atomic mass is 9.84. The van der Waals surface area contributed by atoms with Crippen LogP contribution in [0.3, 0.4) is 0 Å². The fourth-order valence-electron chi connectivity index (χ4n) is 3.36. The number of hydrogen-bond donors (Lipinski definition) is 0. The summed E-state index contributed by atoms with van der Waals surface area (Å²) in [4.78, 5) is 28.4. The largest absolute Gasteiger partial charge is 0.496 e. The Labute approximate surface area is 181 Å². The molecular weight excluding hydrogens is 392 g/mol. The summed E-state index contributed by atoms with van der Waals surface area (Å²) in [6.07, 6.45) is 8.21. The number of methoxy groups -OCH3 is 2. The van der Waals surface area contributed by atoms with Gasteiger partial charge >= 0.3 is 5.97 Å². The van der Waals surface area contributed by atoms with Crippen LogP contribution < -0.4 is 10.3 Å². The minimum Gasteiger partial charge on any atom is -0.496 e. The van der Waals surface area contributed by atoms with Crippen LogP contribution >= 0.6 is 0 Å². The zero-order valence-corrected chi connectivity index (χ0v) is 18.4. The monoisotopic (exact) mass is 418 g/mol. The van der Waals surface area contributed by atoms with Crippen molar-refractivity contribution in [2.45, 2.75) is 26.2 Å². The number of nitrogens with zero attached hydrogens (tertiary/aromatic N) is 2. The second kappa shape index (κ2) is 9.00. The number of carbonyl (C=O) groups excluding carboxylic acids is 1. The molecule has 0 saturated carbocycles. The van der Waals surface area contributed by atoms with Crippen LogP contribution in [0.15, 0.2) is 59.8 Å². The molecule has 1 aromatic heterocycles. The highest BCUT2D eigenvalue weighted by molar-refractivity contribution is 5.95. The Hall–Kier alpha value is -3.67. The highest BCUT2D eigenvalue weighted by Gasteiger charge is 2.22. The van der Waals surface area contributed by atoms with Gasteiger partial charge in [-0.2, -0.15) is 0 Å². The van der Waals surface area contributed by atoms with Crippen molar-refractivity contribution in [1.29, 1.82) is 0 Å². The quantitative estimate of drug-likeness (QED) is 0.451. The molecule has 2 aromatic carbocycles. The maximum absolute atomic E-state index is 12.4. The summed E-state index contributed by atoms with van der Waals surface area (Å²) in [5, 5.41) is 0. The summed E-state index contributed by atoms with van der Waals surface area (Å²) in [6.45, 7) is 6.26. The van der Waals surface area contributed by atoms with E-state index in [9.17, 15) is 9.59 Å². The molecule has 0 atom stereocenters. The first-order valence-electron chi connectivity index (χ1n) is 9.87. The van der Waals surface area contributed by atoms with Crippen LogP contribution in [0.5, 0.6) is 5.75 Å². The van der Waals surface area contributed by atoms with Gasteiger partial charge in [0.05, 0.1) is 26.0 Å². The van der Waals surface area contributed by atoms with Crippen LogP contribution in [0.1, 0.15) is 47.8 Å². The minimum absolute atomic E-state index is 0.224. The van der Waals surface area contributed by atoms with E-state index in [4.69, 9.17) is 9.47 Å². The number of rotatable bonds is 5. The fourth-order valence-corrected chi connectivity index (χ4v) is 3.36. The topological polar surface area (TPSA) is 70.4 Å². The van der Waals surface area contributed by atoms with E-state index >= 15 is 0 Å². The second-order valence-corrected chi connectivity index (χ2v) is 8.06. The molecule has 6 nitrogen and oxygen atoms in total. The molecule has 0 spiro atoms. The van der Waals surface area contributed by atoms with Crippen LogP contribution in [-0.4, -0.2) is 29.7 Å². The van der Waals surface area contributed by atoms with Gasteiger partial charge in [-0.1, -0.05) is 51.1 Å². The van der Waals surface area contributed by atoms with Crippen LogP contribution in [-0.2, 0) is 10.2 Å². The van der Waals surface area contributed by atoms with E-state index in [-0.39, 0.29) is 11.0 Å². The van der Waals surface area contributed by atoms with Gasteiger partial charge < -0.3 is 9.47 Å². The molecule has 0 radical (unpaired) electrons. The summed E-state index contributed by atoms with van der Waals surface area (Å²) in [5.74, 6) is 0.310. The van der Waals surface area contributed by atoms with E-state index in [0.29, 0.717) is 17.0 Å². The van der Waals surface area contributed by atoms with Crippen LogP contribution in [0, 0.1) is 0 Å². The lowest BCUT2D eigenvalue weighted by Crippen LogP contribution is -2.19. The van der Waals surface area contributed by atoms with Crippen LogP contribution in [0.2, 0.25) is 0 Å². The lowest BCUT2D eigenvalue weighted by Gasteiger charge is -2.25. The third kappa shape index (κ3) is 4.74. The van der Waals surface area contributed by atoms with Gasteiger partial charge in [0.1, 0.15) is 5.75 Å². The van der Waals surface area contributed by atoms with Crippen molar-refractivity contribution < 1.29 is 14.3 Å². The van der Waals surface area contributed by atoms with E-state index in [1.807, 2.05) is 36.4 Å². The summed E-state index contributed by atoms with van der Waals surface area (Å²) in [7, 11) is 2.99. The van der Waals surface area contributed by atoms with Crippen molar-refractivity contribution in [1.82, 2.24) is 9.55 Å². The Morgan fingerprint density at radius 3 is 2.42 bits per heavy atom. The van der Waals surface area contributed by atoms with Crippen molar-refractivity contribution in [2.24, 2.45) is 0 Å². The van der Waals surface area contributed by atoms with Gasteiger partial charge in [-0.05, 0) is 29.2 Å². The van der Waals surface area contributed by atoms with Crippen molar-refractivity contribution >= 4 is 18.1 Å². The normalized spacial score (nSPS) is 11.5. The van der Waals surface area contributed by atoms with Gasteiger partial charge in [0.25, 0.3) is 5.56 Å². The Morgan fingerprint density at radius 1 is 1.06 bits per heavy atom. The van der Waals surface area contributed by atoms with Crippen molar-refractivity contribution in [3.8, 4) is 11.4 Å². The van der Waals surface area contributed by atoms with Gasteiger partial charge in [-0.3, -0.25) is 14.3 Å². The zero-order valence-electron chi connectivity index (χ0n) is 18.4. The Balaban J connectivity index is 2.21. The molecule has 31 heavy (non-hydrogen) atoms. The van der Waals surface area contributed by atoms with Gasteiger partial charge in [-0.15, -0.1) is 0 Å². The van der Waals surface area contributed by atoms with E-state index in [2.05, 4.69) is 25.8 Å². The van der Waals surface area contributed by atoms with E-state index < -0.39 is 5.97 Å². The highest BCUT2D eigenvalue weighted by atomic mass is 16.5. The Bertz CT molecular complexity index is 1190. The lowest BCUT2D eigenvalue weighted by molar-refractivity contribution is 0.0600. The minimum atomic E-state index is -0.403. The summed E-state index contributed by atoms with van der Waals surface area (Å²) in [6, 6.07) is 11.1. The summed E-state index contributed by atoms with van der Waals surface area (Å²) >= 11 is 0. The standard InChI is InChI=1S/C25H26N2O4/c1-25(2,3)21-15-19(27-13-12-26-16-22(27)28)14-18(23(21)30-4)11-10-17-8-6-7-9-20(17)24(29)31-5/h6-16H,1-5H3. The molecule has 0 aliphatic carbocycles. The molecule has 0 N–H and O–H groups in total. The van der Waals surface area contributed by atoms with Gasteiger partial charge in [0.2, 0.25) is 0 Å². The molecular formula is C25H26N2O4. The molecule has 0 unspecified atom stereocenters. The summed E-state index contributed by atoms with van der Waals surface area (Å²) in [5.41, 5.74) is 3.19. The van der Waals surface area contributed by atoms with Crippen molar-refractivity contribution in [3.63, 3.8) is 0 Å². The number of esters is 1. The number of hydrogen-bond acceptors (Lipinski definition) is 5. The predicted octanol–water partition coefficient (Wildman–Crippen LogP) is 4.50. The first-order chi connectivity index (χ1) is 14.8. The molecule has 0 fully saturated rings. The predicted molar refractivity (Wildman–Crippen MR) is 122 cm³/mol. The first-order valence-corrected chi connectivity index (χ1v) is 9.87. The van der Waals surface area contributed by atoms with Crippen LogP contribution in [0.4, 0.5) is 0 Å². The Morgan fingerprint density at radius 2 is 1.77 bits per heavy atom. The SMILES string of the molecule is COC(=O)c1ccccc1C=Cc1cc(-n2ccncc2=O)cc(C(C)(C)C)c1OC. The highest BCUT2D eigenvalue weighted by Crippen LogP contribution is 2.37. The van der Waals surface area contributed by atoms with E-state index in [0.717, 1.165) is 16.7 Å². The third-order valence-electron chi connectivity index (χ3n) is 4.93. The Kier molecular flexibility index (Phi) is 6.39. The fraction of sp³-hybridized carbons (Fsp3) is 0.240. The first kappa shape index (κ1) is 22.0. The average molecular weight is 418 g/mol. The van der Waals surface area contributed by atoms with Crippen molar-refractivity contribution in [2.75, 3.05) is 14.2 Å². The van der Waals surface area contributed by atoms with Crippen molar-refractivity contribution in [3.05, 3.63) is 87.6 Å². The average Bonchev–Trinajstić information content (AvgIpc) is 2.76. The van der Waals surface area contributed by atoms with Gasteiger partial charge in [0.15, 0.2) is 0 Å². The molecule has 0 aliphatic rings. The van der Waals surface area contributed by atoms with Gasteiger partial charge in [-0.25, -0.2) is 4.79 Å². The molecule has 3 aromatic rings.